The van der Waals surface area contributed by atoms with Crippen molar-refractivity contribution in [1.29, 1.82) is 0 Å². The van der Waals surface area contributed by atoms with Gasteiger partial charge in [-0.1, -0.05) is 12.1 Å². The van der Waals surface area contributed by atoms with E-state index >= 15 is 0 Å². The van der Waals surface area contributed by atoms with Crippen LogP contribution in [0.25, 0.3) is 11.0 Å². The number of aryl methyl sites for hydroxylation is 1. The summed E-state index contributed by atoms with van der Waals surface area (Å²) in [7, 11) is -1.09. The Bertz CT molecular complexity index is 2430. The van der Waals surface area contributed by atoms with Crippen molar-refractivity contribution >= 4 is 85.7 Å². The van der Waals surface area contributed by atoms with Crippen molar-refractivity contribution < 1.29 is 18.9 Å². The van der Waals surface area contributed by atoms with Gasteiger partial charge in [-0.05, 0) is 96.9 Å². The minimum absolute atomic E-state index is 0.205. The minimum Gasteiger partial charge on any atom is -0.494 e. The molecule has 8 rings (SSSR count). The van der Waals surface area contributed by atoms with Gasteiger partial charge >= 0.3 is 0 Å². The number of hydrogen-bond donors (Lipinski definition) is 4. The van der Waals surface area contributed by atoms with Crippen LogP contribution in [0.3, 0.4) is 0 Å². The van der Waals surface area contributed by atoms with E-state index in [0.717, 1.165) is 81.3 Å². The number of aromatic nitrogens is 4. The first-order valence-corrected chi connectivity index (χ1v) is 23.8. The molecule has 0 bridgehead atoms. The number of carbonyl (C=O) groups excluding carboxylic acids is 2. The normalized spacial score (nSPS) is 18.4. The molecule has 1 atom stereocenters. The molecule has 2 aromatic heterocycles. The number of fused-ring (bicyclic) bond motifs is 1. The van der Waals surface area contributed by atoms with Crippen molar-refractivity contribution in [3.63, 3.8) is 0 Å². The molecule has 2 amide bonds. The molecule has 0 radical (unpaired) electrons. The second-order valence-electron chi connectivity index (χ2n) is 16.1. The monoisotopic (exact) mass is 895 g/mol. The number of imide groups is 1. The number of benzene rings is 3. The molecule has 3 aliphatic rings. The topological polar surface area (TPSA) is 170 Å². The number of carbonyl (C=O) groups is 2. The van der Waals surface area contributed by atoms with Gasteiger partial charge in [0.2, 0.25) is 17.8 Å². The number of methoxy groups -OCH3 is 1. The van der Waals surface area contributed by atoms with E-state index in [1.54, 1.807) is 39.0 Å². The van der Waals surface area contributed by atoms with Crippen LogP contribution in [0.1, 0.15) is 36.8 Å². The van der Waals surface area contributed by atoms with Crippen molar-refractivity contribution in [2.45, 2.75) is 51.2 Å². The number of hydrogen-bond acceptors (Lipinski definition) is 14. The first-order chi connectivity index (χ1) is 28.9. The van der Waals surface area contributed by atoms with Crippen LogP contribution >= 0.6 is 23.1 Å². The first kappa shape index (κ1) is 41.6. The van der Waals surface area contributed by atoms with Gasteiger partial charge in [-0.2, -0.15) is 4.98 Å². The molecule has 0 saturated carbocycles. The molecule has 3 saturated heterocycles. The highest BCUT2D eigenvalue weighted by molar-refractivity contribution is 9.10. The molecular formula is C43H51BrN11O4P. The third-order valence-electron chi connectivity index (χ3n) is 11.6. The fraction of sp³-hybridized carbons (Fsp3) is 0.395. The molecule has 314 valence electrons. The molecule has 0 aliphatic carbocycles. The van der Waals surface area contributed by atoms with Crippen LogP contribution in [0.4, 0.5) is 34.5 Å². The Morgan fingerprint density at radius 1 is 0.900 bits per heavy atom. The zero-order valence-corrected chi connectivity index (χ0v) is 36.9. The third kappa shape index (κ3) is 9.41. The minimum atomic E-state index is -2.76. The number of nitrogens with zero attached hydrogens (tertiary/aromatic N) is 7. The second kappa shape index (κ2) is 17.8. The van der Waals surface area contributed by atoms with Crippen LogP contribution in [0, 0.1) is 6.92 Å². The summed E-state index contributed by atoms with van der Waals surface area (Å²) in [6.07, 6.45) is 7.99. The lowest BCUT2D eigenvalue weighted by atomic mass is 10.00. The fourth-order valence-corrected chi connectivity index (χ4v) is 10.2. The smallest absolute Gasteiger partial charge is 0.249 e. The van der Waals surface area contributed by atoms with Crippen molar-refractivity contribution in [3.8, 4) is 5.75 Å². The van der Waals surface area contributed by atoms with Gasteiger partial charge in [0.1, 0.15) is 30.3 Å². The molecule has 3 aromatic carbocycles. The molecule has 1 unspecified atom stereocenters. The number of anilines is 6. The van der Waals surface area contributed by atoms with Gasteiger partial charge in [-0.25, -0.2) is 4.98 Å². The summed E-state index contributed by atoms with van der Waals surface area (Å²) in [6.45, 7) is 12.6. The van der Waals surface area contributed by atoms with Gasteiger partial charge in [0.05, 0.1) is 33.8 Å². The zero-order chi connectivity index (χ0) is 42.0. The lowest BCUT2D eigenvalue weighted by molar-refractivity contribution is -0.133. The van der Waals surface area contributed by atoms with Gasteiger partial charge < -0.3 is 30.2 Å². The summed E-state index contributed by atoms with van der Waals surface area (Å²) < 4.78 is 20.0. The first-order valence-electron chi connectivity index (χ1n) is 20.4. The van der Waals surface area contributed by atoms with Crippen LogP contribution in [0.5, 0.6) is 5.75 Å². The van der Waals surface area contributed by atoms with E-state index in [-0.39, 0.29) is 17.9 Å². The van der Waals surface area contributed by atoms with E-state index in [9.17, 15) is 14.2 Å². The highest BCUT2D eigenvalue weighted by Gasteiger charge is 2.30. The molecule has 15 nitrogen and oxygen atoms in total. The Balaban J connectivity index is 0.853. The predicted octanol–water partition coefficient (Wildman–Crippen LogP) is 6.24. The Morgan fingerprint density at radius 3 is 2.37 bits per heavy atom. The Hall–Kier alpha value is -5.15. The molecule has 3 aliphatic heterocycles. The third-order valence-corrected chi connectivity index (χ3v) is 13.7. The van der Waals surface area contributed by atoms with Crippen molar-refractivity contribution in [3.05, 3.63) is 82.7 Å². The predicted molar refractivity (Wildman–Crippen MR) is 241 cm³/mol. The highest BCUT2D eigenvalue weighted by atomic mass is 79.9. The molecule has 17 heteroatoms. The van der Waals surface area contributed by atoms with Crippen molar-refractivity contribution in [1.82, 2.24) is 35.1 Å². The van der Waals surface area contributed by atoms with Crippen molar-refractivity contribution in [2.75, 3.05) is 80.6 Å². The maximum Gasteiger partial charge on any atom is 0.249 e. The van der Waals surface area contributed by atoms with E-state index in [2.05, 4.69) is 98.0 Å². The number of amides is 2. The fourth-order valence-electron chi connectivity index (χ4n) is 8.47. The summed E-state index contributed by atoms with van der Waals surface area (Å²) >= 11 is 3.59. The van der Waals surface area contributed by atoms with Crippen molar-refractivity contribution in [2.24, 2.45) is 0 Å². The summed E-state index contributed by atoms with van der Waals surface area (Å²) in [6, 6.07) is 16.4. The number of halogens is 1. The van der Waals surface area contributed by atoms with Crippen LogP contribution in [0.15, 0.2) is 71.6 Å². The Morgan fingerprint density at radius 2 is 1.65 bits per heavy atom. The summed E-state index contributed by atoms with van der Waals surface area (Å²) in [5.41, 5.74) is 7.11. The van der Waals surface area contributed by atoms with Crippen LogP contribution in [-0.2, 0) is 20.7 Å². The second-order valence-corrected chi connectivity index (χ2v) is 20.1. The number of piperidine rings is 2. The Labute approximate surface area is 358 Å². The maximum atomic E-state index is 13.5. The van der Waals surface area contributed by atoms with Gasteiger partial charge in [0.15, 0.2) is 0 Å². The van der Waals surface area contributed by atoms with Gasteiger partial charge in [-0.15, -0.1) is 0 Å². The number of ether oxygens (including phenoxy) is 1. The molecule has 0 spiro atoms. The van der Waals surface area contributed by atoms with E-state index in [1.165, 1.54) is 5.56 Å². The highest BCUT2D eigenvalue weighted by Crippen LogP contribution is 2.42. The number of nitrogens with one attached hydrogen (secondary N) is 4. The molecule has 60 heavy (non-hydrogen) atoms. The molecule has 5 aromatic rings. The van der Waals surface area contributed by atoms with Crippen LogP contribution < -0.4 is 36.2 Å². The Kier molecular flexibility index (Phi) is 12.4. The van der Waals surface area contributed by atoms with Gasteiger partial charge in [0, 0.05) is 94.3 Å². The van der Waals surface area contributed by atoms with E-state index in [4.69, 9.17) is 9.72 Å². The van der Waals surface area contributed by atoms with E-state index in [1.807, 2.05) is 24.3 Å². The average molecular weight is 897 g/mol. The molecule has 4 N–H and O–H groups in total. The van der Waals surface area contributed by atoms with Crippen LogP contribution in [0.2, 0.25) is 0 Å². The zero-order valence-electron chi connectivity index (χ0n) is 34.4. The molecule has 3 fully saturated rings. The quantitative estimate of drug-likeness (QED) is 0.0821. The summed E-state index contributed by atoms with van der Waals surface area (Å²) in [5.74, 6) is 1.12. The molecule has 5 heterocycles. The van der Waals surface area contributed by atoms with E-state index in [0.29, 0.717) is 62.9 Å². The van der Waals surface area contributed by atoms with Gasteiger partial charge in [0.25, 0.3) is 0 Å². The van der Waals surface area contributed by atoms with E-state index < -0.39 is 7.14 Å². The lowest BCUT2D eigenvalue weighted by Gasteiger charge is -2.43. The average Bonchev–Trinajstić information content (AvgIpc) is 3.23. The van der Waals surface area contributed by atoms with Gasteiger partial charge in [-0.3, -0.25) is 34.7 Å². The standard InChI is InChI=1S/C43H51BrN11O4P/c1-27-23-35(50-43-47-25-31(44)41(52-43)49-33-10-9-32-39(46-16-15-45-32)40(33)60(3,4)58)37(59-2)24-36(27)55-17-13-30(14-18-55)54-21-19-53(20-22-54)26-28-5-7-29(8-6-28)48-34-11-12-38(56)51-42(34)57/h5-10,15-16,23-25,30,34,48H,11-14,17-22,26H2,1-4H3,(H,51,56,57)(H2,47,49,50,52). The molecular weight excluding hydrogens is 845 g/mol. The summed E-state index contributed by atoms with van der Waals surface area (Å²) in [4.78, 5) is 49.5. The maximum absolute atomic E-state index is 13.5. The number of piperazine rings is 1. The number of rotatable bonds is 12. The largest absolute Gasteiger partial charge is 0.494 e. The lowest BCUT2D eigenvalue weighted by Crippen LogP contribution is -2.53. The summed E-state index contributed by atoms with van der Waals surface area (Å²) in [5, 5.41) is 13.0. The SMILES string of the molecule is COc1cc(N2CCC(N3CCN(Cc4ccc(NC5CCC(=O)NC5=O)cc4)CC3)CC2)c(C)cc1Nc1ncc(Br)c(Nc2ccc3nccnc3c2P(C)(C)=O)n1. The van der Waals surface area contributed by atoms with Crippen LogP contribution in [-0.4, -0.2) is 113 Å².